The largest absolute Gasteiger partial charge is 0.377 e. The Kier molecular flexibility index (Phi) is 6.85. The second-order valence-electron chi connectivity index (χ2n) is 5.95. The van der Waals surface area contributed by atoms with Crippen molar-refractivity contribution < 1.29 is 17.9 Å². The second kappa shape index (κ2) is 8.64. The number of rotatable bonds is 8. The summed E-state index contributed by atoms with van der Waals surface area (Å²) in [6, 6.07) is 0. The van der Waals surface area contributed by atoms with Gasteiger partial charge in [0.1, 0.15) is 5.75 Å². The van der Waals surface area contributed by atoms with E-state index in [0.29, 0.717) is 13.2 Å². The number of ether oxygens (including phenoxy) is 1. The summed E-state index contributed by atoms with van der Waals surface area (Å²) in [4.78, 5) is 11.7. The predicted molar refractivity (Wildman–Crippen MR) is 84.9 cm³/mol. The van der Waals surface area contributed by atoms with Crippen LogP contribution in [0.1, 0.15) is 44.9 Å². The summed E-state index contributed by atoms with van der Waals surface area (Å²) in [5.41, 5.74) is 1.37. The quantitative estimate of drug-likeness (QED) is 0.653. The molecule has 1 fully saturated rings. The molecule has 1 amide bonds. The van der Waals surface area contributed by atoms with Crippen molar-refractivity contribution in [2.75, 3.05) is 25.4 Å². The lowest BCUT2D eigenvalue weighted by atomic mass is 9.97. The van der Waals surface area contributed by atoms with Crippen molar-refractivity contribution in [2.24, 2.45) is 0 Å². The Morgan fingerprint density at radius 3 is 2.86 bits per heavy atom. The Bertz CT molecular complexity index is 496. The predicted octanol–water partition coefficient (Wildman–Crippen LogP) is 1.09. The highest BCUT2D eigenvalue weighted by Gasteiger charge is 2.21. The van der Waals surface area contributed by atoms with Gasteiger partial charge in [0.25, 0.3) is 0 Å². The monoisotopic (exact) mass is 330 g/mol. The lowest BCUT2D eigenvalue weighted by Crippen LogP contribution is -2.39. The van der Waals surface area contributed by atoms with Crippen molar-refractivity contribution in [1.82, 2.24) is 10.0 Å². The number of carbonyl (C=O) groups is 1. The third kappa shape index (κ3) is 6.46. The fourth-order valence-electron chi connectivity index (χ4n) is 2.79. The Labute approximate surface area is 132 Å². The van der Waals surface area contributed by atoms with E-state index in [4.69, 9.17) is 4.74 Å². The first-order chi connectivity index (χ1) is 10.6. The molecule has 0 aromatic carbocycles. The highest BCUT2D eigenvalue weighted by molar-refractivity contribution is 7.90. The third-order valence-corrected chi connectivity index (χ3v) is 5.28. The Hall–Kier alpha value is -0.920. The molecule has 0 aromatic rings. The second-order valence-corrected chi connectivity index (χ2v) is 7.76. The minimum Gasteiger partial charge on any atom is -0.377 e. The first-order valence-electron chi connectivity index (χ1n) is 8.09. The molecule has 1 aliphatic heterocycles. The molecule has 2 N–H and O–H groups in total. The van der Waals surface area contributed by atoms with Crippen molar-refractivity contribution in [3.8, 4) is 0 Å². The van der Waals surface area contributed by atoms with Crippen LogP contribution in [0.4, 0.5) is 0 Å². The summed E-state index contributed by atoms with van der Waals surface area (Å²) in [5.74, 6) is -0.963. The average Bonchev–Trinajstić information content (AvgIpc) is 2.99. The maximum atomic E-state index is 11.8. The van der Waals surface area contributed by atoms with Crippen molar-refractivity contribution in [3.63, 3.8) is 0 Å². The van der Waals surface area contributed by atoms with E-state index >= 15 is 0 Å². The zero-order valence-corrected chi connectivity index (χ0v) is 13.8. The molecule has 7 heteroatoms. The minimum absolute atomic E-state index is 0.0592. The minimum atomic E-state index is -3.58. The highest BCUT2D eigenvalue weighted by atomic mass is 32.2. The Morgan fingerprint density at radius 2 is 2.18 bits per heavy atom. The number of amides is 1. The smallest absolute Gasteiger partial charge is 0.236 e. The van der Waals surface area contributed by atoms with E-state index in [1.54, 1.807) is 0 Å². The summed E-state index contributed by atoms with van der Waals surface area (Å²) in [6.45, 7) is 1.44. The van der Waals surface area contributed by atoms with Crippen molar-refractivity contribution in [2.45, 2.75) is 51.0 Å². The van der Waals surface area contributed by atoms with Gasteiger partial charge in [0.2, 0.25) is 15.9 Å². The summed E-state index contributed by atoms with van der Waals surface area (Å²) < 4.78 is 31.4. The molecule has 1 heterocycles. The van der Waals surface area contributed by atoms with Crippen LogP contribution < -0.4 is 10.0 Å². The van der Waals surface area contributed by atoms with Crippen molar-refractivity contribution in [1.29, 1.82) is 0 Å². The van der Waals surface area contributed by atoms with Crippen LogP contribution in [0.5, 0.6) is 0 Å². The van der Waals surface area contributed by atoms with E-state index in [-0.39, 0.29) is 12.6 Å². The van der Waals surface area contributed by atoms with Gasteiger partial charge in [-0.25, -0.2) is 13.1 Å². The van der Waals surface area contributed by atoms with Gasteiger partial charge >= 0.3 is 0 Å². The maximum absolute atomic E-state index is 11.8. The summed E-state index contributed by atoms with van der Waals surface area (Å²) in [7, 11) is -3.58. The highest BCUT2D eigenvalue weighted by Crippen LogP contribution is 2.19. The molecule has 2 rings (SSSR count). The number of sulfonamides is 1. The van der Waals surface area contributed by atoms with Crippen LogP contribution in [0.2, 0.25) is 0 Å². The van der Waals surface area contributed by atoms with Crippen LogP contribution in [0.25, 0.3) is 0 Å². The molecule has 0 saturated carbocycles. The van der Waals surface area contributed by atoms with Crippen LogP contribution >= 0.6 is 0 Å². The van der Waals surface area contributed by atoms with Gasteiger partial charge < -0.3 is 10.1 Å². The van der Waals surface area contributed by atoms with Crippen LogP contribution in [0.15, 0.2) is 11.6 Å². The Balaban J connectivity index is 1.63. The fraction of sp³-hybridized carbons (Fsp3) is 0.800. The zero-order chi connectivity index (χ0) is 15.8. The standard InChI is InChI=1S/C15H26N2O4S/c18-15(16-9-8-13-5-2-1-3-6-13)12-22(19,20)17-11-14-7-4-10-21-14/h5,14,17H,1-4,6-12H2,(H,16,18)/t14-/m0/s1. The maximum Gasteiger partial charge on any atom is 0.236 e. The molecule has 1 aliphatic carbocycles. The van der Waals surface area contributed by atoms with Crippen LogP contribution in [-0.2, 0) is 19.6 Å². The SMILES string of the molecule is O=C(CS(=O)(=O)NC[C@@H]1CCCO1)NCCC1=CCCCC1. The van der Waals surface area contributed by atoms with Gasteiger partial charge in [-0.2, -0.15) is 0 Å². The zero-order valence-electron chi connectivity index (χ0n) is 13.0. The molecule has 0 unspecified atom stereocenters. The summed E-state index contributed by atoms with van der Waals surface area (Å²) in [5, 5.41) is 2.68. The molecule has 0 bridgehead atoms. The van der Waals surface area contributed by atoms with Gasteiger partial charge in [0.05, 0.1) is 6.10 Å². The topological polar surface area (TPSA) is 84.5 Å². The number of hydrogen-bond donors (Lipinski definition) is 2. The molecule has 0 spiro atoms. The van der Waals surface area contributed by atoms with Crippen molar-refractivity contribution in [3.05, 3.63) is 11.6 Å². The lowest BCUT2D eigenvalue weighted by molar-refractivity contribution is -0.118. The van der Waals surface area contributed by atoms with Crippen LogP contribution in [0.3, 0.4) is 0 Å². The molecule has 0 radical (unpaired) electrons. The fourth-order valence-corrected chi connectivity index (χ4v) is 3.78. The van der Waals surface area contributed by atoms with E-state index in [0.717, 1.165) is 32.1 Å². The van der Waals surface area contributed by atoms with E-state index in [1.807, 2.05) is 0 Å². The third-order valence-electron chi connectivity index (χ3n) is 4.03. The molecule has 1 saturated heterocycles. The lowest BCUT2D eigenvalue weighted by Gasteiger charge is -2.13. The van der Waals surface area contributed by atoms with Gasteiger partial charge in [-0.1, -0.05) is 11.6 Å². The van der Waals surface area contributed by atoms with Crippen LogP contribution in [0, 0.1) is 0 Å². The van der Waals surface area contributed by atoms with E-state index < -0.39 is 21.7 Å². The van der Waals surface area contributed by atoms with Gasteiger partial charge in [-0.3, -0.25) is 4.79 Å². The number of carbonyl (C=O) groups excluding carboxylic acids is 1. The normalized spacial score (nSPS) is 22.4. The van der Waals surface area contributed by atoms with E-state index in [2.05, 4.69) is 16.1 Å². The molecule has 0 aromatic heterocycles. The molecular formula is C15H26N2O4S. The summed E-state index contributed by atoms with van der Waals surface area (Å²) >= 11 is 0. The first-order valence-corrected chi connectivity index (χ1v) is 9.74. The van der Waals surface area contributed by atoms with E-state index in [9.17, 15) is 13.2 Å². The molecule has 126 valence electrons. The first kappa shape index (κ1) is 17.4. The number of nitrogens with one attached hydrogen (secondary N) is 2. The molecule has 2 aliphatic rings. The molecule has 1 atom stereocenters. The van der Waals surface area contributed by atoms with Gasteiger partial charge in [-0.15, -0.1) is 0 Å². The average molecular weight is 330 g/mol. The van der Waals surface area contributed by atoms with Gasteiger partial charge in [0, 0.05) is 19.7 Å². The Morgan fingerprint density at radius 1 is 1.32 bits per heavy atom. The molecule has 22 heavy (non-hydrogen) atoms. The molecule has 6 nitrogen and oxygen atoms in total. The van der Waals surface area contributed by atoms with E-state index in [1.165, 1.54) is 18.4 Å². The summed E-state index contributed by atoms with van der Waals surface area (Å²) in [6.07, 6.45) is 9.47. The molecular weight excluding hydrogens is 304 g/mol. The van der Waals surface area contributed by atoms with Gasteiger partial charge in [0.15, 0.2) is 0 Å². The number of allylic oxidation sites excluding steroid dienone is 1. The van der Waals surface area contributed by atoms with Gasteiger partial charge in [-0.05, 0) is 44.9 Å². The van der Waals surface area contributed by atoms with Crippen molar-refractivity contribution >= 4 is 15.9 Å². The van der Waals surface area contributed by atoms with Crippen LogP contribution in [-0.4, -0.2) is 45.9 Å². The number of hydrogen-bond acceptors (Lipinski definition) is 4.